The SMILES string of the molecule is COC(=O)CN(C(=O)c1ccc(-n2c(C)nc3ccccc3c2=O)cc1)C1CCOCC1. The second-order valence-electron chi connectivity index (χ2n) is 7.72. The number of methoxy groups -OCH3 is 1. The molecule has 0 N–H and O–H groups in total. The monoisotopic (exact) mass is 435 g/mol. The molecule has 32 heavy (non-hydrogen) atoms. The standard InChI is InChI=1S/C24H25N3O5/c1-16-25-21-6-4-3-5-20(21)24(30)27(16)19-9-7-17(8-10-19)23(29)26(15-22(28)31-2)18-11-13-32-14-12-18/h3-10,18H,11-15H2,1-2H3. The Hall–Kier alpha value is -3.52. The van der Waals surface area contributed by atoms with Gasteiger partial charge in [-0.05, 0) is 56.2 Å². The first-order chi connectivity index (χ1) is 15.5. The van der Waals surface area contributed by atoms with E-state index in [1.165, 1.54) is 11.7 Å². The molecule has 0 bridgehead atoms. The van der Waals surface area contributed by atoms with Gasteiger partial charge in [-0.1, -0.05) is 12.1 Å². The molecule has 8 nitrogen and oxygen atoms in total. The number of fused-ring (bicyclic) bond motifs is 1. The molecule has 4 rings (SSSR count). The maximum Gasteiger partial charge on any atom is 0.325 e. The van der Waals surface area contributed by atoms with E-state index in [9.17, 15) is 14.4 Å². The number of esters is 1. The van der Waals surface area contributed by atoms with Gasteiger partial charge in [0.05, 0.1) is 23.7 Å². The zero-order valence-corrected chi connectivity index (χ0v) is 18.1. The molecule has 166 valence electrons. The zero-order valence-electron chi connectivity index (χ0n) is 18.1. The molecule has 3 aromatic rings. The van der Waals surface area contributed by atoms with Gasteiger partial charge in [-0.2, -0.15) is 0 Å². The lowest BCUT2D eigenvalue weighted by Gasteiger charge is -2.33. The molecule has 1 fully saturated rings. The van der Waals surface area contributed by atoms with Crippen molar-refractivity contribution in [3.63, 3.8) is 0 Å². The van der Waals surface area contributed by atoms with Crippen LogP contribution in [0.25, 0.3) is 16.6 Å². The van der Waals surface area contributed by atoms with Gasteiger partial charge in [0, 0.05) is 24.8 Å². The van der Waals surface area contributed by atoms with Crippen LogP contribution in [0.5, 0.6) is 0 Å². The zero-order chi connectivity index (χ0) is 22.7. The molecule has 2 aromatic carbocycles. The number of aryl methyl sites for hydroxylation is 1. The van der Waals surface area contributed by atoms with E-state index < -0.39 is 5.97 Å². The molecule has 1 aromatic heterocycles. The molecule has 2 heterocycles. The van der Waals surface area contributed by atoms with Crippen LogP contribution in [0.15, 0.2) is 53.3 Å². The predicted molar refractivity (Wildman–Crippen MR) is 119 cm³/mol. The van der Waals surface area contributed by atoms with Gasteiger partial charge in [0.2, 0.25) is 0 Å². The summed E-state index contributed by atoms with van der Waals surface area (Å²) in [7, 11) is 1.31. The van der Waals surface area contributed by atoms with Crippen LogP contribution in [0, 0.1) is 6.92 Å². The van der Waals surface area contributed by atoms with E-state index in [4.69, 9.17) is 9.47 Å². The van der Waals surface area contributed by atoms with Crippen LogP contribution in [0.1, 0.15) is 29.0 Å². The summed E-state index contributed by atoms with van der Waals surface area (Å²) in [5.74, 6) is -0.164. The number of para-hydroxylation sites is 1. The van der Waals surface area contributed by atoms with Gasteiger partial charge < -0.3 is 14.4 Å². The van der Waals surface area contributed by atoms with Crippen LogP contribution < -0.4 is 5.56 Å². The van der Waals surface area contributed by atoms with Crippen molar-refractivity contribution >= 4 is 22.8 Å². The number of rotatable bonds is 5. The third-order valence-electron chi connectivity index (χ3n) is 5.74. The number of benzene rings is 2. The van der Waals surface area contributed by atoms with Gasteiger partial charge in [0.15, 0.2) is 0 Å². The number of ether oxygens (including phenoxy) is 2. The number of aromatic nitrogens is 2. The molecule has 0 spiro atoms. The predicted octanol–water partition coefficient (Wildman–Crippen LogP) is 2.49. The highest BCUT2D eigenvalue weighted by Gasteiger charge is 2.28. The summed E-state index contributed by atoms with van der Waals surface area (Å²) in [6.07, 6.45) is 1.33. The topological polar surface area (TPSA) is 90.7 Å². The lowest BCUT2D eigenvalue weighted by atomic mass is 10.0. The van der Waals surface area contributed by atoms with E-state index in [1.54, 1.807) is 48.2 Å². The normalized spacial score (nSPS) is 14.3. The fourth-order valence-corrected chi connectivity index (χ4v) is 4.03. The minimum Gasteiger partial charge on any atom is -0.468 e. The Morgan fingerprint density at radius 2 is 1.81 bits per heavy atom. The largest absolute Gasteiger partial charge is 0.468 e. The minimum atomic E-state index is -0.467. The molecular weight excluding hydrogens is 410 g/mol. The van der Waals surface area contributed by atoms with Crippen LogP contribution in [-0.4, -0.2) is 59.2 Å². The van der Waals surface area contributed by atoms with Crippen LogP contribution in [0.2, 0.25) is 0 Å². The van der Waals surface area contributed by atoms with Crippen molar-refractivity contribution in [1.82, 2.24) is 14.5 Å². The van der Waals surface area contributed by atoms with E-state index >= 15 is 0 Å². The molecule has 0 radical (unpaired) electrons. The number of hydrogen-bond acceptors (Lipinski definition) is 6. The van der Waals surface area contributed by atoms with Crippen molar-refractivity contribution < 1.29 is 19.1 Å². The average Bonchev–Trinajstić information content (AvgIpc) is 2.83. The fourth-order valence-electron chi connectivity index (χ4n) is 4.03. The van der Waals surface area contributed by atoms with Crippen LogP contribution >= 0.6 is 0 Å². The number of nitrogens with zero attached hydrogens (tertiary/aromatic N) is 3. The van der Waals surface area contributed by atoms with Gasteiger partial charge in [-0.3, -0.25) is 19.0 Å². The highest BCUT2D eigenvalue weighted by Crippen LogP contribution is 2.19. The first-order valence-corrected chi connectivity index (χ1v) is 10.5. The molecule has 1 aliphatic rings. The van der Waals surface area contributed by atoms with E-state index in [-0.39, 0.29) is 24.1 Å². The highest BCUT2D eigenvalue weighted by atomic mass is 16.5. The van der Waals surface area contributed by atoms with Gasteiger partial charge in [-0.15, -0.1) is 0 Å². The summed E-state index contributed by atoms with van der Waals surface area (Å²) >= 11 is 0. The molecule has 1 saturated heterocycles. The van der Waals surface area contributed by atoms with Crippen LogP contribution in [-0.2, 0) is 14.3 Å². The highest BCUT2D eigenvalue weighted by molar-refractivity contribution is 5.96. The van der Waals surface area contributed by atoms with E-state index in [1.807, 2.05) is 12.1 Å². The molecule has 1 amide bonds. The quantitative estimate of drug-likeness (QED) is 0.572. The Morgan fingerprint density at radius 3 is 2.50 bits per heavy atom. The summed E-state index contributed by atoms with van der Waals surface area (Å²) in [6.45, 7) is 2.75. The summed E-state index contributed by atoms with van der Waals surface area (Å²) in [5, 5.41) is 0.530. The van der Waals surface area contributed by atoms with E-state index in [0.717, 1.165) is 0 Å². The van der Waals surface area contributed by atoms with Crippen molar-refractivity contribution in [1.29, 1.82) is 0 Å². The Balaban J connectivity index is 1.65. The summed E-state index contributed by atoms with van der Waals surface area (Å²) in [6, 6.07) is 13.9. The van der Waals surface area contributed by atoms with E-state index in [2.05, 4.69) is 4.98 Å². The van der Waals surface area contributed by atoms with Crippen molar-refractivity contribution in [2.75, 3.05) is 26.9 Å². The van der Waals surface area contributed by atoms with Gasteiger partial charge in [-0.25, -0.2) is 4.98 Å². The first kappa shape index (κ1) is 21.7. The summed E-state index contributed by atoms with van der Waals surface area (Å²) in [5.41, 5.74) is 1.53. The fraction of sp³-hybridized carbons (Fsp3) is 0.333. The lowest BCUT2D eigenvalue weighted by Crippen LogP contribution is -2.46. The third kappa shape index (κ3) is 4.27. The summed E-state index contributed by atoms with van der Waals surface area (Å²) in [4.78, 5) is 44.3. The Labute approximate surface area is 185 Å². The Morgan fingerprint density at radius 1 is 1.12 bits per heavy atom. The van der Waals surface area contributed by atoms with Gasteiger partial charge in [0.1, 0.15) is 12.4 Å². The molecule has 8 heteroatoms. The second kappa shape index (κ2) is 9.32. The van der Waals surface area contributed by atoms with Crippen LogP contribution in [0.3, 0.4) is 0 Å². The van der Waals surface area contributed by atoms with Gasteiger partial charge >= 0.3 is 5.97 Å². The molecule has 0 saturated carbocycles. The van der Waals surface area contributed by atoms with Crippen molar-refractivity contribution in [3.05, 3.63) is 70.3 Å². The molecule has 0 aliphatic carbocycles. The average molecular weight is 435 g/mol. The number of amides is 1. The minimum absolute atomic E-state index is 0.0930. The lowest BCUT2D eigenvalue weighted by molar-refractivity contribution is -0.142. The number of carbonyl (C=O) groups is 2. The Bertz CT molecular complexity index is 1200. The molecule has 0 unspecified atom stereocenters. The Kier molecular flexibility index (Phi) is 6.32. The van der Waals surface area contributed by atoms with E-state index in [0.29, 0.717) is 54.0 Å². The molecular formula is C24H25N3O5. The second-order valence-corrected chi connectivity index (χ2v) is 7.72. The molecule has 1 aliphatic heterocycles. The third-order valence-corrected chi connectivity index (χ3v) is 5.74. The number of hydrogen-bond donors (Lipinski definition) is 0. The molecule has 0 atom stereocenters. The summed E-state index contributed by atoms with van der Waals surface area (Å²) < 4.78 is 11.7. The van der Waals surface area contributed by atoms with Crippen molar-refractivity contribution in [2.45, 2.75) is 25.8 Å². The first-order valence-electron chi connectivity index (χ1n) is 10.5. The van der Waals surface area contributed by atoms with Crippen LogP contribution in [0.4, 0.5) is 0 Å². The van der Waals surface area contributed by atoms with Crippen molar-refractivity contribution in [2.24, 2.45) is 0 Å². The smallest absolute Gasteiger partial charge is 0.325 e. The number of carbonyl (C=O) groups excluding carboxylic acids is 2. The van der Waals surface area contributed by atoms with Gasteiger partial charge in [0.25, 0.3) is 11.5 Å². The maximum absolute atomic E-state index is 13.2. The van der Waals surface area contributed by atoms with Crippen molar-refractivity contribution in [3.8, 4) is 5.69 Å². The maximum atomic E-state index is 13.2.